The van der Waals surface area contributed by atoms with Crippen LogP contribution in [0.15, 0.2) is 18.5 Å². The average molecular weight is 275 g/mol. The van der Waals surface area contributed by atoms with Crippen LogP contribution >= 0.6 is 11.3 Å². The summed E-state index contributed by atoms with van der Waals surface area (Å²) in [6.07, 6.45) is 3.32. The van der Waals surface area contributed by atoms with Crippen molar-refractivity contribution in [2.75, 3.05) is 11.9 Å². The van der Waals surface area contributed by atoms with Gasteiger partial charge in [-0.25, -0.2) is 0 Å². The third-order valence-electron chi connectivity index (χ3n) is 2.39. The van der Waals surface area contributed by atoms with E-state index in [0.29, 0.717) is 10.6 Å². The first-order valence-corrected chi connectivity index (χ1v) is 6.42. The molecule has 19 heavy (non-hydrogen) atoms. The van der Waals surface area contributed by atoms with Crippen LogP contribution in [0.4, 0.5) is 5.69 Å². The number of carbonyl (C=O) groups excluding carboxylic acids is 1. The number of nitrogens with one attached hydrogen (secondary N) is 1. The van der Waals surface area contributed by atoms with E-state index in [1.807, 2.05) is 6.92 Å². The van der Waals surface area contributed by atoms with E-state index in [9.17, 15) is 4.79 Å². The van der Waals surface area contributed by atoms with Crippen molar-refractivity contribution in [3.63, 3.8) is 0 Å². The van der Waals surface area contributed by atoms with Crippen LogP contribution in [-0.2, 0) is 7.05 Å². The van der Waals surface area contributed by atoms with Crippen molar-refractivity contribution in [2.45, 2.75) is 6.92 Å². The molecule has 0 saturated carbocycles. The van der Waals surface area contributed by atoms with Crippen LogP contribution < -0.4 is 5.32 Å². The Morgan fingerprint density at radius 2 is 2.42 bits per heavy atom. The van der Waals surface area contributed by atoms with E-state index >= 15 is 0 Å². The predicted molar refractivity (Wildman–Crippen MR) is 74.2 cm³/mol. The number of hydrogen-bond acceptors (Lipinski definition) is 4. The van der Waals surface area contributed by atoms with Gasteiger partial charge in [0.15, 0.2) is 0 Å². The molecule has 0 unspecified atom stereocenters. The Labute approximate surface area is 114 Å². The number of aryl methyl sites for hydroxylation is 2. The van der Waals surface area contributed by atoms with Gasteiger partial charge in [0.05, 0.1) is 21.6 Å². The Morgan fingerprint density at radius 3 is 3.05 bits per heavy atom. The van der Waals surface area contributed by atoms with E-state index in [2.05, 4.69) is 22.3 Å². The molecule has 0 atom stereocenters. The number of aromatic nitrogens is 2. The second-order valence-corrected chi connectivity index (χ2v) is 4.99. The zero-order valence-corrected chi connectivity index (χ0v) is 11.4. The van der Waals surface area contributed by atoms with E-state index < -0.39 is 0 Å². The number of hydrogen-bond donors (Lipinski definition) is 2. The van der Waals surface area contributed by atoms with Crippen LogP contribution in [0.25, 0.3) is 0 Å². The van der Waals surface area contributed by atoms with Crippen LogP contribution in [0.1, 0.15) is 20.1 Å². The molecular weight excluding hydrogens is 262 g/mol. The van der Waals surface area contributed by atoms with Crippen LogP contribution in [0.5, 0.6) is 0 Å². The largest absolute Gasteiger partial charge is 0.384 e. The van der Waals surface area contributed by atoms with Crippen molar-refractivity contribution in [1.29, 1.82) is 0 Å². The smallest absolute Gasteiger partial charge is 0.265 e. The molecule has 2 aromatic rings. The van der Waals surface area contributed by atoms with Gasteiger partial charge in [-0.2, -0.15) is 5.10 Å². The lowest BCUT2D eigenvalue weighted by molar-refractivity contribution is 0.103. The van der Waals surface area contributed by atoms with Crippen molar-refractivity contribution in [3.8, 4) is 11.8 Å². The lowest BCUT2D eigenvalue weighted by atomic mass is 10.2. The maximum absolute atomic E-state index is 12.0. The molecule has 0 saturated heterocycles. The van der Waals surface area contributed by atoms with Gasteiger partial charge in [0, 0.05) is 13.2 Å². The molecule has 2 heterocycles. The number of rotatable bonds is 2. The minimum Gasteiger partial charge on any atom is -0.384 e. The van der Waals surface area contributed by atoms with Gasteiger partial charge in [0.2, 0.25) is 0 Å². The molecule has 0 fully saturated rings. The topological polar surface area (TPSA) is 67.2 Å². The minimum absolute atomic E-state index is 0.182. The highest BCUT2D eigenvalue weighted by molar-refractivity contribution is 7.14. The van der Waals surface area contributed by atoms with Crippen molar-refractivity contribution in [3.05, 3.63) is 33.8 Å². The fourth-order valence-electron chi connectivity index (χ4n) is 1.52. The maximum Gasteiger partial charge on any atom is 0.265 e. The summed E-state index contributed by atoms with van der Waals surface area (Å²) in [4.78, 5) is 13.4. The molecule has 5 nitrogen and oxygen atoms in total. The highest BCUT2D eigenvalue weighted by atomic mass is 32.1. The van der Waals surface area contributed by atoms with Gasteiger partial charge in [0.1, 0.15) is 6.61 Å². The quantitative estimate of drug-likeness (QED) is 0.814. The van der Waals surface area contributed by atoms with Gasteiger partial charge in [-0.05, 0) is 18.6 Å². The Hall–Kier alpha value is -2.10. The molecule has 0 aliphatic heterocycles. The molecule has 0 aliphatic carbocycles. The fraction of sp³-hybridized carbons (Fsp3) is 0.231. The summed E-state index contributed by atoms with van der Waals surface area (Å²) < 4.78 is 1.62. The minimum atomic E-state index is -0.186. The second kappa shape index (κ2) is 5.69. The summed E-state index contributed by atoms with van der Waals surface area (Å²) in [5, 5.41) is 15.4. The highest BCUT2D eigenvalue weighted by Crippen LogP contribution is 2.22. The second-order valence-electron chi connectivity index (χ2n) is 3.94. The predicted octanol–water partition coefficient (Wildman–Crippen LogP) is 1.39. The Bertz CT molecular complexity index is 661. The molecule has 0 radical (unpaired) electrons. The van der Waals surface area contributed by atoms with E-state index in [4.69, 9.17) is 5.11 Å². The third-order valence-corrected chi connectivity index (χ3v) is 3.54. The number of nitrogens with zero attached hydrogens (tertiary/aromatic N) is 2. The van der Waals surface area contributed by atoms with Crippen LogP contribution in [0.3, 0.4) is 0 Å². The summed E-state index contributed by atoms with van der Waals surface area (Å²) in [6.45, 7) is 1.70. The average Bonchev–Trinajstić information content (AvgIpc) is 2.93. The van der Waals surface area contributed by atoms with Crippen molar-refractivity contribution >= 4 is 22.9 Å². The molecule has 1 amide bonds. The highest BCUT2D eigenvalue weighted by Gasteiger charge is 2.12. The van der Waals surface area contributed by atoms with Crippen molar-refractivity contribution in [1.82, 2.24) is 9.78 Å². The number of aliphatic hydroxyl groups excluding tert-OH is 1. The number of aliphatic hydroxyl groups is 1. The number of anilines is 1. The van der Waals surface area contributed by atoms with E-state index in [-0.39, 0.29) is 12.5 Å². The first-order chi connectivity index (χ1) is 9.10. The fourth-order valence-corrected chi connectivity index (χ4v) is 2.46. The molecule has 2 aromatic heterocycles. The van der Waals surface area contributed by atoms with Gasteiger partial charge >= 0.3 is 0 Å². The van der Waals surface area contributed by atoms with Crippen LogP contribution in [0, 0.1) is 18.8 Å². The molecule has 2 rings (SSSR count). The van der Waals surface area contributed by atoms with E-state index in [0.717, 1.165) is 10.4 Å². The zero-order chi connectivity index (χ0) is 13.8. The van der Waals surface area contributed by atoms with Gasteiger partial charge in [-0.1, -0.05) is 11.8 Å². The molecular formula is C13H13N3O2S. The summed E-state index contributed by atoms with van der Waals surface area (Å²) in [5.74, 6) is 5.23. The Kier molecular flexibility index (Phi) is 4.00. The summed E-state index contributed by atoms with van der Waals surface area (Å²) in [5.41, 5.74) is 1.59. The third kappa shape index (κ3) is 3.22. The van der Waals surface area contributed by atoms with Crippen molar-refractivity contribution in [2.24, 2.45) is 7.05 Å². The Balaban J connectivity index is 2.15. The molecule has 0 aliphatic rings. The number of carbonyl (C=O) groups is 1. The molecule has 98 valence electrons. The van der Waals surface area contributed by atoms with Gasteiger partial charge in [-0.3, -0.25) is 9.48 Å². The van der Waals surface area contributed by atoms with Gasteiger partial charge in [-0.15, -0.1) is 11.3 Å². The first-order valence-electron chi connectivity index (χ1n) is 5.60. The normalized spacial score (nSPS) is 9.84. The van der Waals surface area contributed by atoms with Gasteiger partial charge < -0.3 is 10.4 Å². The van der Waals surface area contributed by atoms with Crippen LogP contribution in [-0.4, -0.2) is 27.4 Å². The van der Waals surface area contributed by atoms with Crippen molar-refractivity contribution < 1.29 is 9.90 Å². The number of thiophene rings is 1. The monoisotopic (exact) mass is 275 g/mol. The molecule has 0 spiro atoms. The molecule has 6 heteroatoms. The summed E-state index contributed by atoms with van der Waals surface area (Å²) in [6, 6.07) is 1.79. The Morgan fingerprint density at radius 1 is 1.63 bits per heavy atom. The lowest BCUT2D eigenvalue weighted by Gasteiger charge is -1.98. The maximum atomic E-state index is 12.0. The first kappa shape index (κ1) is 13.3. The summed E-state index contributed by atoms with van der Waals surface area (Å²) >= 11 is 1.31. The lowest BCUT2D eigenvalue weighted by Crippen LogP contribution is -2.09. The SMILES string of the molecule is Cc1cc(C(=O)Nc2cnn(C)c2)sc1C#CCO. The zero-order valence-electron chi connectivity index (χ0n) is 10.6. The number of amides is 1. The molecule has 0 aromatic carbocycles. The standard InChI is InChI=1S/C13H13N3O2S/c1-9-6-12(19-11(9)4-3-5-17)13(18)15-10-7-14-16(2)8-10/h6-8,17H,5H2,1-2H3,(H,15,18). The van der Waals surface area contributed by atoms with E-state index in [1.54, 1.807) is 30.2 Å². The molecule has 0 bridgehead atoms. The van der Waals surface area contributed by atoms with Gasteiger partial charge in [0.25, 0.3) is 5.91 Å². The van der Waals surface area contributed by atoms with Crippen LogP contribution in [0.2, 0.25) is 0 Å². The van der Waals surface area contributed by atoms with E-state index in [1.165, 1.54) is 11.3 Å². The summed E-state index contributed by atoms with van der Waals surface area (Å²) in [7, 11) is 1.79. The molecule has 2 N–H and O–H groups in total.